The van der Waals surface area contributed by atoms with Crippen molar-refractivity contribution in [2.45, 2.75) is 75.2 Å². The lowest BCUT2D eigenvalue weighted by molar-refractivity contribution is -0.104. The first kappa shape index (κ1) is 17.6. The highest BCUT2D eigenvalue weighted by atomic mass is 16.5. The van der Waals surface area contributed by atoms with Crippen LogP contribution in [0.4, 0.5) is 0 Å². The molecule has 2 aromatic heterocycles. The Morgan fingerprint density at radius 1 is 0.962 bits per heavy atom. The Morgan fingerprint density at radius 2 is 1.88 bits per heavy atom. The van der Waals surface area contributed by atoms with Crippen LogP contribution < -0.4 is 0 Å². The predicted octanol–water partition coefficient (Wildman–Crippen LogP) is 4.65. The summed E-state index contributed by atoms with van der Waals surface area (Å²) in [6, 6.07) is 6.40. The zero-order valence-corrected chi connectivity index (χ0v) is 15.6. The van der Waals surface area contributed by atoms with E-state index in [1.807, 2.05) is 18.5 Å². The van der Waals surface area contributed by atoms with Crippen molar-refractivity contribution in [3.63, 3.8) is 0 Å². The molecule has 0 radical (unpaired) electrons. The Balaban J connectivity index is 1.46. The lowest BCUT2D eigenvalue weighted by Crippen LogP contribution is -2.46. The summed E-state index contributed by atoms with van der Waals surface area (Å²) in [4.78, 5) is 13.4. The molecule has 1 aliphatic carbocycles. The van der Waals surface area contributed by atoms with Crippen LogP contribution in [-0.4, -0.2) is 27.2 Å². The van der Waals surface area contributed by atoms with Gasteiger partial charge in [0.05, 0.1) is 11.3 Å². The van der Waals surface area contributed by atoms with Gasteiger partial charge in [0, 0.05) is 42.5 Å². The van der Waals surface area contributed by atoms with E-state index in [0.717, 1.165) is 38.0 Å². The van der Waals surface area contributed by atoms with Crippen molar-refractivity contribution in [3.8, 4) is 0 Å². The van der Waals surface area contributed by atoms with E-state index in [0.29, 0.717) is 0 Å². The first-order valence-electron chi connectivity index (χ1n) is 10.1. The monoisotopic (exact) mass is 351 g/mol. The third-order valence-corrected chi connectivity index (χ3v) is 6.33. The Labute approximate surface area is 156 Å². The Bertz CT molecular complexity index is 685. The number of aryl methyl sites for hydroxylation is 1. The average Bonchev–Trinajstić information content (AvgIpc) is 3.14. The van der Waals surface area contributed by atoms with Crippen molar-refractivity contribution in [2.75, 3.05) is 6.61 Å². The number of hydrogen-bond donors (Lipinski definition) is 0. The zero-order valence-electron chi connectivity index (χ0n) is 15.6. The molecule has 0 aromatic carbocycles. The fourth-order valence-corrected chi connectivity index (χ4v) is 5.02. The fraction of sp³-hybridized carbons (Fsp3) is 0.591. The van der Waals surface area contributed by atoms with Gasteiger partial charge in [0.25, 0.3) is 0 Å². The van der Waals surface area contributed by atoms with Gasteiger partial charge < -0.3 is 4.74 Å². The molecule has 0 amide bonds. The van der Waals surface area contributed by atoms with E-state index in [9.17, 15) is 0 Å². The normalized spacial score (nSPS) is 24.8. The van der Waals surface area contributed by atoms with Crippen LogP contribution in [0.5, 0.6) is 0 Å². The number of hydrogen-bond acceptors (Lipinski definition) is 4. The average molecular weight is 351 g/mol. The molecule has 3 heterocycles. The summed E-state index contributed by atoms with van der Waals surface area (Å²) in [5.41, 5.74) is 2.65. The van der Waals surface area contributed by atoms with Crippen LogP contribution in [0, 0.1) is 0 Å². The molecule has 4 nitrogen and oxygen atoms in total. The van der Waals surface area contributed by atoms with Gasteiger partial charge in [-0.2, -0.15) is 0 Å². The summed E-state index contributed by atoms with van der Waals surface area (Å²) in [6.45, 7) is 0.876. The van der Waals surface area contributed by atoms with Crippen molar-refractivity contribution >= 4 is 0 Å². The van der Waals surface area contributed by atoms with Gasteiger partial charge in [0.1, 0.15) is 0 Å². The topological polar surface area (TPSA) is 47.9 Å². The summed E-state index contributed by atoms with van der Waals surface area (Å²) in [5, 5.41) is 0. The first-order valence-corrected chi connectivity index (χ1v) is 10.1. The second-order valence-corrected chi connectivity index (χ2v) is 8.06. The van der Waals surface area contributed by atoms with Gasteiger partial charge >= 0.3 is 0 Å². The number of ether oxygens (including phenoxy) is 1. The van der Waals surface area contributed by atoms with E-state index < -0.39 is 0 Å². The SMILES string of the molecule is c1ccc([C@]2(CCCCc3cnccn3)CCOC3(CCCC3)C2)nc1. The molecule has 1 saturated carbocycles. The standard InChI is InChI=1S/C22H29N3O/c1(7-19-17-23-14-15-24-19)3-9-21(20-8-2-6-13-25-20)12-16-26-22(18-21)10-4-5-11-22/h2,6,8,13-15,17H,1,3-5,7,9-12,16,18H2/t21-/m1/s1. The first-order chi connectivity index (χ1) is 12.8. The third-order valence-electron chi connectivity index (χ3n) is 6.33. The molecule has 0 N–H and O–H groups in total. The summed E-state index contributed by atoms with van der Waals surface area (Å²) in [7, 11) is 0. The molecule has 2 aliphatic rings. The number of rotatable bonds is 6. The minimum atomic E-state index is 0.112. The molecular weight excluding hydrogens is 322 g/mol. The number of nitrogens with zero attached hydrogens (tertiary/aromatic N) is 3. The van der Waals surface area contributed by atoms with Crippen LogP contribution in [0.15, 0.2) is 43.0 Å². The van der Waals surface area contributed by atoms with Crippen LogP contribution in [-0.2, 0) is 16.6 Å². The van der Waals surface area contributed by atoms with Crippen LogP contribution in [0.1, 0.15) is 69.2 Å². The van der Waals surface area contributed by atoms with Crippen molar-refractivity contribution in [1.82, 2.24) is 15.0 Å². The van der Waals surface area contributed by atoms with Crippen LogP contribution >= 0.6 is 0 Å². The summed E-state index contributed by atoms with van der Waals surface area (Å²) in [6.07, 6.45) is 19.2. The highest BCUT2D eigenvalue weighted by Gasteiger charge is 2.48. The molecule has 138 valence electrons. The van der Waals surface area contributed by atoms with Gasteiger partial charge in [-0.15, -0.1) is 0 Å². The Kier molecular flexibility index (Phi) is 5.30. The van der Waals surface area contributed by atoms with Gasteiger partial charge in [-0.1, -0.05) is 25.3 Å². The van der Waals surface area contributed by atoms with Gasteiger partial charge in [-0.25, -0.2) is 0 Å². The van der Waals surface area contributed by atoms with Crippen molar-refractivity contribution in [3.05, 3.63) is 54.4 Å². The van der Waals surface area contributed by atoms with Crippen LogP contribution in [0.2, 0.25) is 0 Å². The minimum absolute atomic E-state index is 0.112. The lowest BCUT2D eigenvalue weighted by Gasteiger charge is -2.46. The van der Waals surface area contributed by atoms with Crippen molar-refractivity contribution in [1.29, 1.82) is 0 Å². The Hall–Kier alpha value is -1.81. The molecule has 4 rings (SSSR count). The molecule has 1 aliphatic heterocycles. The van der Waals surface area contributed by atoms with E-state index in [1.165, 1.54) is 44.2 Å². The quantitative estimate of drug-likeness (QED) is 0.711. The lowest BCUT2D eigenvalue weighted by atomic mass is 9.67. The molecule has 26 heavy (non-hydrogen) atoms. The van der Waals surface area contributed by atoms with Crippen molar-refractivity contribution < 1.29 is 4.74 Å². The summed E-state index contributed by atoms with van der Waals surface area (Å²) >= 11 is 0. The predicted molar refractivity (Wildman–Crippen MR) is 102 cm³/mol. The van der Waals surface area contributed by atoms with E-state index in [-0.39, 0.29) is 11.0 Å². The molecule has 1 spiro atoms. The molecule has 4 heteroatoms. The largest absolute Gasteiger partial charge is 0.375 e. The third kappa shape index (κ3) is 3.80. The number of unbranched alkanes of at least 4 members (excludes halogenated alkanes) is 1. The maximum atomic E-state index is 6.33. The maximum Gasteiger partial charge on any atom is 0.0691 e. The van der Waals surface area contributed by atoms with E-state index in [4.69, 9.17) is 9.72 Å². The molecule has 1 atom stereocenters. The molecule has 0 unspecified atom stereocenters. The zero-order chi connectivity index (χ0) is 17.7. The van der Waals surface area contributed by atoms with Crippen LogP contribution in [0.3, 0.4) is 0 Å². The van der Waals surface area contributed by atoms with Gasteiger partial charge in [0.2, 0.25) is 0 Å². The maximum absolute atomic E-state index is 6.33. The summed E-state index contributed by atoms with van der Waals surface area (Å²) in [5.74, 6) is 0. The molecule has 0 bridgehead atoms. The molecular formula is C22H29N3O. The van der Waals surface area contributed by atoms with E-state index in [1.54, 1.807) is 12.4 Å². The van der Waals surface area contributed by atoms with E-state index >= 15 is 0 Å². The number of aromatic nitrogens is 3. The second kappa shape index (κ2) is 7.83. The highest BCUT2D eigenvalue weighted by Crippen LogP contribution is 2.50. The minimum Gasteiger partial charge on any atom is -0.375 e. The smallest absolute Gasteiger partial charge is 0.0691 e. The highest BCUT2D eigenvalue weighted by molar-refractivity contribution is 5.20. The Morgan fingerprint density at radius 3 is 2.65 bits per heavy atom. The molecule has 2 aromatic rings. The van der Waals surface area contributed by atoms with Crippen molar-refractivity contribution in [2.24, 2.45) is 0 Å². The van der Waals surface area contributed by atoms with Gasteiger partial charge in [-0.05, 0) is 57.1 Å². The van der Waals surface area contributed by atoms with Crippen LogP contribution in [0.25, 0.3) is 0 Å². The fourth-order valence-electron chi connectivity index (χ4n) is 5.02. The van der Waals surface area contributed by atoms with Gasteiger partial charge in [0.15, 0.2) is 0 Å². The number of pyridine rings is 1. The molecule has 2 fully saturated rings. The summed E-state index contributed by atoms with van der Waals surface area (Å²) < 4.78 is 6.33. The van der Waals surface area contributed by atoms with E-state index in [2.05, 4.69) is 22.1 Å². The second-order valence-electron chi connectivity index (χ2n) is 8.06. The van der Waals surface area contributed by atoms with Gasteiger partial charge in [-0.3, -0.25) is 15.0 Å². The molecule has 1 saturated heterocycles.